The first-order valence-electron chi connectivity index (χ1n) is 8.78. The molecule has 25 heavy (non-hydrogen) atoms. The molecule has 2 heterocycles. The summed E-state index contributed by atoms with van der Waals surface area (Å²) < 4.78 is 11.6. The van der Waals surface area contributed by atoms with Crippen LogP contribution in [0.25, 0.3) is 0 Å². The first-order chi connectivity index (χ1) is 12.3. The van der Waals surface area contributed by atoms with Crippen LogP contribution in [0.1, 0.15) is 40.0 Å². The van der Waals surface area contributed by atoms with Crippen molar-refractivity contribution >= 4 is 17.2 Å². The fourth-order valence-electron chi connectivity index (χ4n) is 3.52. The molecule has 1 aliphatic heterocycles. The molecule has 0 bridgehead atoms. The van der Waals surface area contributed by atoms with E-state index in [1.54, 1.807) is 16.8 Å². The van der Waals surface area contributed by atoms with Gasteiger partial charge in [0, 0.05) is 17.6 Å². The molecule has 6 heteroatoms. The van der Waals surface area contributed by atoms with Gasteiger partial charge in [-0.05, 0) is 48.9 Å². The van der Waals surface area contributed by atoms with Crippen molar-refractivity contribution in [3.05, 3.63) is 51.5 Å². The Balaban J connectivity index is 1.39. The van der Waals surface area contributed by atoms with Crippen molar-refractivity contribution in [1.82, 2.24) is 10.3 Å². The average Bonchev–Trinajstić information content (AvgIpc) is 3.31. The number of carbonyl (C=O) groups excluding carboxylic acids is 1. The minimum atomic E-state index is -0.131. The first-order valence-corrected chi connectivity index (χ1v) is 9.73. The van der Waals surface area contributed by atoms with Crippen molar-refractivity contribution in [2.24, 2.45) is 0 Å². The van der Waals surface area contributed by atoms with E-state index in [0.29, 0.717) is 19.8 Å². The predicted molar refractivity (Wildman–Crippen MR) is 95.8 cm³/mol. The molecule has 1 fully saturated rings. The third-order valence-electron chi connectivity index (χ3n) is 4.90. The fraction of sp³-hybridized carbons (Fsp3) is 0.474. The molecule has 0 unspecified atom stereocenters. The highest BCUT2D eigenvalue weighted by molar-refractivity contribution is 7.07. The molecule has 0 spiro atoms. The number of nitrogens with zero attached hydrogens (tertiary/aromatic N) is 1. The van der Waals surface area contributed by atoms with Crippen LogP contribution in [0.15, 0.2) is 29.1 Å². The molecule has 5 nitrogen and oxygen atoms in total. The van der Waals surface area contributed by atoms with Crippen LogP contribution in [-0.2, 0) is 28.9 Å². The lowest BCUT2D eigenvalue weighted by atomic mass is 10.0. The zero-order valence-corrected chi connectivity index (χ0v) is 14.9. The van der Waals surface area contributed by atoms with Crippen LogP contribution in [-0.4, -0.2) is 36.3 Å². The summed E-state index contributed by atoms with van der Waals surface area (Å²) in [4.78, 5) is 16.9. The van der Waals surface area contributed by atoms with Crippen molar-refractivity contribution in [2.45, 2.75) is 44.4 Å². The Bertz CT molecular complexity index is 732. The van der Waals surface area contributed by atoms with E-state index in [-0.39, 0.29) is 18.1 Å². The lowest BCUT2D eigenvalue weighted by Crippen LogP contribution is -2.50. The normalized spacial score (nSPS) is 22.6. The maximum atomic E-state index is 12.7. The third kappa shape index (κ3) is 3.92. The van der Waals surface area contributed by atoms with E-state index in [4.69, 9.17) is 9.47 Å². The van der Waals surface area contributed by atoms with Gasteiger partial charge >= 0.3 is 0 Å². The number of hydrogen-bond acceptors (Lipinski definition) is 5. The summed E-state index contributed by atoms with van der Waals surface area (Å²) in [6.07, 6.45) is 4.11. The highest BCUT2D eigenvalue weighted by atomic mass is 32.1. The topological polar surface area (TPSA) is 60.5 Å². The number of ether oxygens (including phenoxy) is 2. The number of aromatic nitrogens is 1. The highest BCUT2D eigenvalue weighted by Crippen LogP contribution is 2.23. The van der Waals surface area contributed by atoms with Gasteiger partial charge in [-0.1, -0.05) is 6.07 Å². The molecule has 0 saturated carbocycles. The zero-order valence-electron chi connectivity index (χ0n) is 14.1. The molecule has 2 aromatic rings. The van der Waals surface area contributed by atoms with E-state index < -0.39 is 0 Å². The number of thiazole rings is 1. The molecule has 1 aromatic heterocycles. The van der Waals surface area contributed by atoms with Crippen molar-refractivity contribution < 1.29 is 14.3 Å². The third-order valence-corrected chi connectivity index (χ3v) is 5.53. The summed E-state index contributed by atoms with van der Waals surface area (Å²) in [6, 6.07) is 5.92. The molecule has 1 saturated heterocycles. The van der Waals surface area contributed by atoms with Crippen molar-refractivity contribution in [2.75, 3.05) is 13.2 Å². The van der Waals surface area contributed by atoms with Crippen LogP contribution in [0.3, 0.4) is 0 Å². The Kier molecular flexibility index (Phi) is 5.10. The van der Waals surface area contributed by atoms with Gasteiger partial charge in [-0.3, -0.25) is 4.79 Å². The molecule has 4 rings (SSSR count). The lowest BCUT2D eigenvalue weighted by molar-refractivity contribution is -0.0611. The molecular weight excluding hydrogens is 336 g/mol. The molecule has 1 amide bonds. The van der Waals surface area contributed by atoms with Gasteiger partial charge in [0.05, 0.1) is 36.6 Å². The van der Waals surface area contributed by atoms with Gasteiger partial charge in [-0.2, -0.15) is 0 Å². The Morgan fingerprint density at radius 1 is 1.36 bits per heavy atom. The van der Waals surface area contributed by atoms with Crippen LogP contribution in [0.4, 0.5) is 0 Å². The molecule has 1 N–H and O–H groups in total. The number of carbonyl (C=O) groups is 1. The van der Waals surface area contributed by atoms with E-state index in [1.807, 2.05) is 17.5 Å². The van der Waals surface area contributed by atoms with Crippen molar-refractivity contribution in [1.29, 1.82) is 0 Å². The minimum Gasteiger partial charge on any atom is -0.379 e. The fourth-order valence-corrected chi connectivity index (χ4v) is 4.06. The standard InChI is InChI=1S/C19H22N2O3S/c22-19(15-5-4-13-2-1-3-14(13)8-15)21-17-10-23-7-6-18(17)24-9-16-11-25-12-20-16/h4-5,8,11-12,17-18H,1-3,6-7,9-10H2,(H,21,22)/t17-,18+/m1/s1. The Morgan fingerprint density at radius 3 is 3.16 bits per heavy atom. The van der Waals surface area contributed by atoms with E-state index in [2.05, 4.69) is 16.4 Å². The number of amides is 1. The molecule has 2 aliphatic rings. The smallest absolute Gasteiger partial charge is 0.251 e. The maximum Gasteiger partial charge on any atom is 0.251 e. The molecule has 0 radical (unpaired) electrons. The predicted octanol–water partition coefficient (Wildman–Crippen LogP) is 2.74. The average molecular weight is 358 g/mol. The summed E-state index contributed by atoms with van der Waals surface area (Å²) >= 11 is 1.56. The minimum absolute atomic E-state index is 0.0474. The van der Waals surface area contributed by atoms with Crippen molar-refractivity contribution in [3.8, 4) is 0 Å². The number of rotatable bonds is 5. The van der Waals surface area contributed by atoms with Gasteiger partial charge in [-0.25, -0.2) is 4.98 Å². The van der Waals surface area contributed by atoms with Crippen LogP contribution in [0.2, 0.25) is 0 Å². The Hall–Kier alpha value is -1.76. The van der Waals surface area contributed by atoms with Crippen LogP contribution in [0, 0.1) is 0 Å². The highest BCUT2D eigenvalue weighted by Gasteiger charge is 2.28. The number of hydrogen-bond donors (Lipinski definition) is 1. The summed E-state index contributed by atoms with van der Waals surface area (Å²) in [5.41, 5.74) is 6.14. The summed E-state index contributed by atoms with van der Waals surface area (Å²) in [5.74, 6) is -0.0486. The molecule has 132 valence electrons. The second kappa shape index (κ2) is 7.64. The molecule has 1 aliphatic carbocycles. The number of benzene rings is 1. The van der Waals surface area contributed by atoms with Crippen LogP contribution >= 0.6 is 11.3 Å². The summed E-state index contributed by atoms with van der Waals surface area (Å²) in [7, 11) is 0. The first kappa shape index (κ1) is 16.7. The number of aryl methyl sites for hydroxylation is 2. The maximum absolute atomic E-state index is 12.7. The van der Waals surface area contributed by atoms with Crippen molar-refractivity contribution in [3.63, 3.8) is 0 Å². The van der Waals surface area contributed by atoms with Gasteiger partial charge < -0.3 is 14.8 Å². The SMILES string of the molecule is O=C(N[C@@H]1COCC[C@@H]1OCc1cscn1)c1ccc2c(c1)CCC2. The van der Waals surface area contributed by atoms with Gasteiger partial charge in [0.25, 0.3) is 5.91 Å². The number of fused-ring (bicyclic) bond motifs is 1. The number of nitrogens with one attached hydrogen (secondary N) is 1. The molecule has 1 aromatic carbocycles. The zero-order chi connectivity index (χ0) is 17.1. The Labute approximate surface area is 151 Å². The second-order valence-corrected chi connectivity index (χ2v) is 7.33. The van der Waals surface area contributed by atoms with Gasteiger partial charge in [0.1, 0.15) is 0 Å². The van der Waals surface area contributed by atoms with Gasteiger partial charge in [-0.15, -0.1) is 11.3 Å². The Morgan fingerprint density at radius 2 is 2.28 bits per heavy atom. The molecule has 2 atom stereocenters. The quantitative estimate of drug-likeness (QED) is 0.893. The van der Waals surface area contributed by atoms with E-state index in [0.717, 1.165) is 30.5 Å². The summed E-state index contributed by atoms with van der Waals surface area (Å²) in [5, 5.41) is 5.08. The van der Waals surface area contributed by atoms with E-state index in [9.17, 15) is 4.79 Å². The van der Waals surface area contributed by atoms with Gasteiger partial charge in [0.2, 0.25) is 0 Å². The lowest BCUT2D eigenvalue weighted by Gasteiger charge is -2.32. The van der Waals surface area contributed by atoms with Crippen LogP contribution < -0.4 is 5.32 Å². The van der Waals surface area contributed by atoms with Gasteiger partial charge in [0.15, 0.2) is 0 Å². The molecular formula is C19H22N2O3S. The monoisotopic (exact) mass is 358 g/mol. The van der Waals surface area contributed by atoms with E-state index >= 15 is 0 Å². The second-order valence-electron chi connectivity index (χ2n) is 6.61. The van der Waals surface area contributed by atoms with Crippen LogP contribution in [0.5, 0.6) is 0 Å². The largest absolute Gasteiger partial charge is 0.379 e. The summed E-state index contributed by atoms with van der Waals surface area (Å²) in [6.45, 7) is 1.62. The van der Waals surface area contributed by atoms with E-state index in [1.165, 1.54) is 17.5 Å².